The topological polar surface area (TPSA) is 71.0 Å². The van der Waals surface area contributed by atoms with E-state index in [1.165, 1.54) is 0 Å². The minimum atomic E-state index is -0.591. The number of phenolic OH excluding ortho intramolecular Hbond substituents is 1. The molecular weight excluding hydrogens is 567 g/mol. The van der Waals surface area contributed by atoms with E-state index in [2.05, 4.69) is 22.3 Å². The molecule has 43 heavy (non-hydrogen) atoms. The number of nitrogens with zero attached hydrogens (tertiary/aromatic N) is 1. The molecule has 2 aliphatic rings. The number of fused-ring (bicyclic) bond motifs is 1. The first-order valence-corrected chi connectivity index (χ1v) is 15.4. The van der Waals surface area contributed by atoms with Crippen LogP contribution < -0.4 is 10.1 Å². The lowest BCUT2D eigenvalue weighted by atomic mass is 9.87. The fraction of sp³-hybridized carbons (Fsp3) is 0.400. The number of anilines is 1. The molecule has 1 atom stereocenters. The highest BCUT2D eigenvalue weighted by atomic mass is 35.5. The minimum absolute atomic E-state index is 0.0885. The fourth-order valence-electron chi connectivity index (χ4n) is 5.91. The molecule has 0 radical (unpaired) electrons. The largest absolute Gasteiger partial charge is 0.508 e. The Balaban J connectivity index is 1.48. The molecule has 1 aliphatic carbocycles. The predicted octanol–water partition coefficient (Wildman–Crippen LogP) is 8.50. The molecular formula is C35H40ClFN2O4. The number of benzene rings is 3. The molecule has 5 rings (SSSR count). The third-order valence-corrected chi connectivity index (χ3v) is 8.07. The van der Waals surface area contributed by atoms with Crippen LogP contribution in [0, 0.1) is 0 Å². The van der Waals surface area contributed by atoms with E-state index in [1.807, 2.05) is 57.2 Å². The zero-order chi connectivity index (χ0) is 30.6. The summed E-state index contributed by atoms with van der Waals surface area (Å²) < 4.78 is 24.4. The van der Waals surface area contributed by atoms with Crippen LogP contribution in [0.5, 0.6) is 11.5 Å². The number of likely N-dealkylation sites (tertiary alicyclic amines) is 1. The maximum atomic E-state index is 12.6. The summed E-state index contributed by atoms with van der Waals surface area (Å²) in [6, 6.07) is 19.3. The van der Waals surface area contributed by atoms with Gasteiger partial charge in [-0.1, -0.05) is 29.8 Å². The molecule has 0 spiro atoms. The van der Waals surface area contributed by atoms with E-state index in [9.17, 15) is 14.3 Å². The number of phenols is 1. The first-order chi connectivity index (χ1) is 20.6. The van der Waals surface area contributed by atoms with Crippen molar-refractivity contribution in [3.8, 4) is 11.5 Å². The van der Waals surface area contributed by atoms with Crippen molar-refractivity contribution in [1.29, 1.82) is 0 Å². The number of carbonyl (C=O) groups excluding carboxylic acids is 1. The van der Waals surface area contributed by atoms with E-state index in [1.54, 1.807) is 12.1 Å². The Kier molecular flexibility index (Phi) is 9.62. The van der Waals surface area contributed by atoms with Crippen molar-refractivity contribution in [3.05, 3.63) is 87.9 Å². The average molecular weight is 607 g/mol. The van der Waals surface area contributed by atoms with Gasteiger partial charge in [-0.3, -0.25) is 14.6 Å². The van der Waals surface area contributed by atoms with Gasteiger partial charge in [-0.2, -0.15) is 0 Å². The number of halogens is 2. The molecule has 0 unspecified atom stereocenters. The molecule has 1 saturated heterocycles. The van der Waals surface area contributed by atoms with E-state index < -0.39 is 11.7 Å². The van der Waals surface area contributed by atoms with Gasteiger partial charge in [0.15, 0.2) is 0 Å². The van der Waals surface area contributed by atoms with Crippen LogP contribution in [0.3, 0.4) is 0 Å². The van der Waals surface area contributed by atoms with Gasteiger partial charge >= 0.3 is 6.09 Å². The number of aromatic hydroxyl groups is 1. The number of amides is 1. The van der Waals surface area contributed by atoms with Gasteiger partial charge in [0.2, 0.25) is 0 Å². The van der Waals surface area contributed by atoms with Crippen molar-refractivity contribution in [2.45, 2.75) is 64.6 Å². The lowest BCUT2D eigenvalue weighted by Gasteiger charge is -2.21. The van der Waals surface area contributed by atoms with Crippen molar-refractivity contribution in [3.63, 3.8) is 0 Å². The van der Waals surface area contributed by atoms with Crippen molar-refractivity contribution >= 4 is 34.5 Å². The van der Waals surface area contributed by atoms with Crippen LogP contribution in [0.2, 0.25) is 5.02 Å². The van der Waals surface area contributed by atoms with Crippen LogP contribution in [-0.2, 0) is 11.2 Å². The van der Waals surface area contributed by atoms with Crippen LogP contribution in [-0.4, -0.2) is 54.1 Å². The average Bonchev–Trinajstić information content (AvgIpc) is 3.30. The maximum Gasteiger partial charge on any atom is 0.412 e. The van der Waals surface area contributed by atoms with E-state index in [0.29, 0.717) is 17.1 Å². The summed E-state index contributed by atoms with van der Waals surface area (Å²) in [7, 11) is 0. The summed E-state index contributed by atoms with van der Waals surface area (Å²) in [5, 5.41) is 13.4. The number of hydrogen-bond donors (Lipinski definition) is 2. The lowest BCUT2D eigenvalue weighted by molar-refractivity contribution is 0.0636. The molecule has 2 N–H and O–H groups in total. The number of carbonyl (C=O) groups is 1. The Hall–Kier alpha value is -3.55. The number of hydrogen-bond acceptors (Lipinski definition) is 5. The summed E-state index contributed by atoms with van der Waals surface area (Å²) in [5.74, 6) is 0.927. The molecule has 3 aromatic rings. The SMILES string of the molecule is CC(C)(C)OC(=O)Nc1ccc2c(c1)CCCC(c1ccc(O)cc1Cl)=C2c1ccc(O[C@H]2CCN(CCCF)C2)cc1. The van der Waals surface area contributed by atoms with Crippen LogP contribution in [0.25, 0.3) is 11.1 Å². The molecule has 6 nitrogen and oxygen atoms in total. The smallest absolute Gasteiger partial charge is 0.412 e. The van der Waals surface area contributed by atoms with Crippen molar-refractivity contribution in [2.24, 2.45) is 0 Å². The van der Waals surface area contributed by atoms with Crippen molar-refractivity contribution in [2.75, 3.05) is 31.6 Å². The Labute approximate surface area is 258 Å². The van der Waals surface area contributed by atoms with E-state index in [-0.39, 0.29) is 18.5 Å². The number of allylic oxidation sites excluding steroid dienone is 1. The number of alkyl halides is 1. The van der Waals surface area contributed by atoms with Gasteiger partial charge in [-0.15, -0.1) is 0 Å². The highest BCUT2D eigenvalue weighted by molar-refractivity contribution is 6.33. The zero-order valence-electron chi connectivity index (χ0n) is 25.1. The monoisotopic (exact) mass is 606 g/mol. The van der Waals surface area contributed by atoms with E-state index in [0.717, 1.165) is 84.5 Å². The van der Waals surface area contributed by atoms with Crippen LogP contribution >= 0.6 is 11.6 Å². The molecule has 1 heterocycles. The lowest BCUT2D eigenvalue weighted by Crippen LogP contribution is -2.27. The van der Waals surface area contributed by atoms with E-state index >= 15 is 0 Å². The molecule has 1 amide bonds. The quantitative estimate of drug-likeness (QED) is 0.269. The second kappa shape index (κ2) is 13.4. The predicted molar refractivity (Wildman–Crippen MR) is 171 cm³/mol. The summed E-state index contributed by atoms with van der Waals surface area (Å²) >= 11 is 6.69. The molecule has 0 saturated carbocycles. The standard InChI is InChI=1S/C35H40ClFN2O4/c1-35(2,3)43-34(41)38-25-10-14-29-24(20-25)6-4-7-31(30-15-11-26(40)21-32(30)36)33(29)23-8-12-27(13-9-23)42-28-16-19-39(22-28)18-5-17-37/h8-15,20-21,28,40H,4-7,16-19,22H2,1-3H3,(H,38,41)/t28-/m0/s1. The second-order valence-electron chi connectivity index (χ2n) is 12.3. The molecule has 228 valence electrons. The van der Waals surface area contributed by atoms with Gasteiger partial charge in [0.05, 0.1) is 11.7 Å². The van der Waals surface area contributed by atoms with Gasteiger partial charge in [0.1, 0.15) is 23.2 Å². The van der Waals surface area contributed by atoms with Gasteiger partial charge < -0.3 is 14.6 Å². The highest BCUT2D eigenvalue weighted by Crippen LogP contribution is 2.43. The van der Waals surface area contributed by atoms with Gasteiger partial charge in [0.25, 0.3) is 0 Å². The van der Waals surface area contributed by atoms with Crippen LogP contribution in [0.4, 0.5) is 14.9 Å². The molecule has 8 heteroatoms. The normalized spacial score (nSPS) is 17.4. The molecule has 0 bridgehead atoms. The van der Waals surface area contributed by atoms with Gasteiger partial charge in [-0.25, -0.2) is 4.79 Å². The molecule has 3 aromatic carbocycles. The van der Waals surface area contributed by atoms with Gasteiger partial charge in [-0.05, 0) is 129 Å². The summed E-state index contributed by atoms with van der Waals surface area (Å²) in [6.45, 7) is 7.72. The third-order valence-electron chi connectivity index (χ3n) is 7.76. The van der Waals surface area contributed by atoms with Gasteiger partial charge in [0, 0.05) is 25.3 Å². The Morgan fingerprint density at radius 3 is 2.56 bits per heavy atom. The zero-order valence-corrected chi connectivity index (χ0v) is 25.8. The van der Waals surface area contributed by atoms with Crippen molar-refractivity contribution < 1.29 is 23.8 Å². The second-order valence-corrected chi connectivity index (χ2v) is 12.7. The fourth-order valence-corrected chi connectivity index (χ4v) is 6.20. The molecule has 1 aliphatic heterocycles. The summed E-state index contributed by atoms with van der Waals surface area (Å²) in [5.41, 5.74) is 6.35. The number of rotatable bonds is 8. The molecule has 1 fully saturated rings. The number of nitrogens with one attached hydrogen (secondary N) is 1. The minimum Gasteiger partial charge on any atom is -0.508 e. The maximum absolute atomic E-state index is 12.6. The van der Waals surface area contributed by atoms with Crippen LogP contribution in [0.1, 0.15) is 68.7 Å². The Bertz CT molecular complexity index is 1480. The van der Waals surface area contributed by atoms with E-state index in [4.69, 9.17) is 21.1 Å². The van der Waals surface area contributed by atoms with Crippen molar-refractivity contribution in [1.82, 2.24) is 4.90 Å². The Morgan fingerprint density at radius 1 is 1.07 bits per heavy atom. The van der Waals surface area contributed by atoms with Crippen LogP contribution in [0.15, 0.2) is 60.7 Å². The summed E-state index contributed by atoms with van der Waals surface area (Å²) in [4.78, 5) is 14.7. The summed E-state index contributed by atoms with van der Waals surface area (Å²) in [6.07, 6.45) is 3.59. The molecule has 0 aromatic heterocycles. The third kappa shape index (κ3) is 7.89. The number of ether oxygens (including phenoxy) is 2. The Morgan fingerprint density at radius 2 is 1.84 bits per heavy atom. The first kappa shape index (κ1) is 30.9. The first-order valence-electron chi connectivity index (χ1n) is 15.0. The highest BCUT2D eigenvalue weighted by Gasteiger charge is 2.25. The number of aryl methyl sites for hydroxylation is 1.